The number of benzene rings is 2. The largest absolute Gasteiger partial charge is 0.461 e. The first-order chi connectivity index (χ1) is 15.5. The lowest BCUT2D eigenvalue weighted by Gasteiger charge is -2.38. The van der Waals surface area contributed by atoms with E-state index in [1.54, 1.807) is 6.92 Å². The molecule has 1 amide bonds. The van der Waals surface area contributed by atoms with Gasteiger partial charge in [-0.25, -0.2) is 4.79 Å². The van der Waals surface area contributed by atoms with E-state index in [4.69, 9.17) is 16.3 Å². The number of H-pyrrole nitrogens is 1. The molecule has 2 N–H and O–H groups in total. The Hall–Kier alpha value is -3.03. The Morgan fingerprint density at radius 1 is 1.12 bits per heavy atom. The van der Waals surface area contributed by atoms with E-state index >= 15 is 0 Å². The Morgan fingerprint density at radius 3 is 2.59 bits per heavy atom. The Kier molecular flexibility index (Phi) is 6.67. The van der Waals surface area contributed by atoms with Crippen LogP contribution in [0.4, 0.5) is 11.4 Å². The number of carbonyl (C=O) groups excluding carboxylic acids is 2. The van der Waals surface area contributed by atoms with Crippen molar-refractivity contribution in [2.75, 3.05) is 43.0 Å². The van der Waals surface area contributed by atoms with Crippen LogP contribution in [0.5, 0.6) is 0 Å². The van der Waals surface area contributed by atoms with Gasteiger partial charge in [0.2, 0.25) is 5.91 Å². The van der Waals surface area contributed by atoms with Crippen LogP contribution in [0.3, 0.4) is 0 Å². The Balaban J connectivity index is 1.46. The molecule has 2 heterocycles. The van der Waals surface area contributed by atoms with E-state index in [-0.39, 0.29) is 24.2 Å². The van der Waals surface area contributed by atoms with Crippen LogP contribution in [0.25, 0.3) is 10.9 Å². The molecule has 1 atom stereocenters. The summed E-state index contributed by atoms with van der Waals surface area (Å²) in [5.41, 5.74) is 2.59. The maximum absolute atomic E-state index is 13.1. The topological polar surface area (TPSA) is 77.7 Å². The molecule has 168 valence electrons. The molecule has 32 heavy (non-hydrogen) atoms. The maximum atomic E-state index is 13.1. The molecule has 0 radical (unpaired) electrons. The smallest absolute Gasteiger partial charge is 0.356 e. The molecule has 0 saturated carbocycles. The van der Waals surface area contributed by atoms with Crippen molar-refractivity contribution >= 4 is 45.8 Å². The number of nitrogens with zero attached hydrogens (tertiary/aromatic N) is 2. The summed E-state index contributed by atoms with van der Waals surface area (Å²) in [6.07, 6.45) is 0. The summed E-state index contributed by atoms with van der Waals surface area (Å²) in [6, 6.07) is 15.0. The van der Waals surface area contributed by atoms with Crippen molar-refractivity contribution in [2.45, 2.75) is 19.9 Å². The minimum atomic E-state index is -0.484. The molecule has 1 saturated heterocycles. The molecule has 7 nitrogen and oxygen atoms in total. The van der Waals surface area contributed by atoms with E-state index in [9.17, 15) is 9.59 Å². The van der Waals surface area contributed by atoms with Crippen LogP contribution in [-0.2, 0) is 9.53 Å². The van der Waals surface area contributed by atoms with Gasteiger partial charge in [-0.15, -0.1) is 0 Å². The van der Waals surface area contributed by atoms with Gasteiger partial charge in [0.25, 0.3) is 0 Å². The van der Waals surface area contributed by atoms with Crippen molar-refractivity contribution in [1.29, 1.82) is 0 Å². The van der Waals surface area contributed by atoms with Crippen molar-refractivity contribution in [3.63, 3.8) is 0 Å². The van der Waals surface area contributed by atoms with Crippen LogP contribution >= 0.6 is 11.6 Å². The van der Waals surface area contributed by atoms with E-state index in [2.05, 4.69) is 20.1 Å². The number of aromatic nitrogens is 1. The molecule has 1 aliphatic heterocycles. The average Bonchev–Trinajstić information content (AvgIpc) is 3.17. The number of fused-ring (bicyclic) bond motifs is 1. The van der Waals surface area contributed by atoms with E-state index in [0.29, 0.717) is 10.7 Å². The summed E-state index contributed by atoms with van der Waals surface area (Å²) in [5, 5.41) is 4.47. The van der Waals surface area contributed by atoms with Gasteiger partial charge in [0.1, 0.15) is 5.69 Å². The van der Waals surface area contributed by atoms with Crippen LogP contribution in [0, 0.1) is 0 Å². The number of nitrogens with one attached hydrogen (secondary N) is 2. The summed E-state index contributed by atoms with van der Waals surface area (Å²) < 4.78 is 5.17. The minimum absolute atomic E-state index is 0.156. The normalized spacial score (nSPS) is 15.5. The Labute approximate surface area is 192 Å². The standard InChI is InChI=1S/C24H27ClN4O3/c1-3-32-24(31)22-21(19-9-4-5-10-20(19)26-22)27-23(30)16(2)28-11-13-29(14-12-28)18-8-6-7-17(25)15-18/h4-10,15-16,26H,3,11-14H2,1-2H3,(H,27,30)/t16-/m1/s1. The van der Waals surface area contributed by atoms with E-state index in [1.165, 1.54) is 0 Å². The SMILES string of the molecule is CCOC(=O)c1[nH]c2ccccc2c1NC(=O)[C@@H](C)N1CCN(c2cccc(Cl)c2)CC1. The van der Waals surface area contributed by atoms with Crippen molar-refractivity contribution in [2.24, 2.45) is 0 Å². The minimum Gasteiger partial charge on any atom is -0.461 e. The first kappa shape index (κ1) is 22.2. The van der Waals surface area contributed by atoms with Gasteiger partial charge in [-0.05, 0) is 38.1 Å². The molecule has 1 aliphatic rings. The van der Waals surface area contributed by atoms with Gasteiger partial charge in [-0.3, -0.25) is 9.69 Å². The van der Waals surface area contributed by atoms with Crippen molar-refractivity contribution in [1.82, 2.24) is 9.88 Å². The molecule has 4 rings (SSSR count). The highest BCUT2D eigenvalue weighted by atomic mass is 35.5. The highest BCUT2D eigenvalue weighted by Gasteiger charge is 2.28. The second-order valence-electron chi connectivity index (χ2n) is 7.81. The molecule has 8 heteroatoms. The number of rotatable bonds is 6. The highest BCUT2D eigenvalue weighted by Crippen LogP contribution is 2.29. The van der Waals surface area contributed by atoms with Crippen LogP contribution in [0.2, 0.25) is 5.02 Å². The van der Waals surface area contributed by atoms with E-state index < -0.39 is 5.97 Å². The third-order valence-corrected chi connectivity index (χ3v) is 6.08. The van der Waals surface area contributed by atoms with Gasteiger partial charge in [-0.1, -0.05) is 35.9 Å². The fourth-order valence-electron chi connectivity index (χ4n) is 4.06. The predicted octanol–water partition coefficient (Wildman–Crippen LogP) is 4.15. The second kappa shape index (κ2) is 9.63. The van der Waals surface area contributed by atoms with Crippen LogP contribution in [0.1, 0.15) is 24.3 Å². The molecule has 0 spiro atoms. The van der Waals surface area contributed by atoms with Gasteiger partial charge in [0, 0.05) is 47.8 Å². The third-order valence-electron chi connectivity index (χ3n) is 5.85. The lowest BCUT2D eigenvalue weighted by Crippen LogP contribution is -2.52. The molecule has 1 fully saturated rings. The molecular weight excluding hydrogens is 428 g/mol. The number of amides is 1. The fraction of sp³-hybridized carbons (Fsp3) is 0.333. The number of anilines is 2. The molecule has 1 aromatic heterocycles. The zero-order valence-corrected chi connectivity index (χ0v) is 19.0. The lowest BCUT2D eigenvalue weighted by molar-refractivity contribution is -0.120. The first-order valence-corrected chi connectivity index (χ1v) is 11.2. The van der Waals surface area contributed by atoms with Gasteiger partial charge in [0.15, 0.2) is 0 Å². The van der Waals surface area contributed by atoms with E-state index in [0.717, 1.165) is 42.8 Å². The maximum Gasteiger partial charge on any atom is 0.356 e. The van der Waals surface area contributed by atoms with Gasteiger partial charge in [-0.2, -0.15) is 0 Å². The van der Waals surface area contributed by atoms with Crippen molar-refractivity contribution in [3.05, 3.63) is 59.2 Å². The number of ether oxygens (including phenoxy) is 1. The number of hydrogen-bond donors (Lipinski definition) is 2. The molecule has 0 unspecified atom stereocenters. The lowest BCUT2D eigenvalue weighted by atomic mass is 10.1. The van der Waals surface area contributed by atoms with Crippen molar-refractivity contribution in [3.8, 4) is 0 Å². The third kappa shape index (κ3) is 4.59. The highest BCUT2D eigenvalue weighted by molar-refractivity contribution is 6.30. The molecular formula is C24H27ClN4O3. The van der Waals surface area contributed by atoms with Crippen LogP contribution in [0.15, 0.2) is 48.5 Å². The number of esters is 1. The predicted molar refractivity (Wildman–Crippen MR) is 128 cm³/mol. The molecule has 0 aliphatic carbocycles. The second-order valence-corrected chi connectivity index (χ2v) is 8.25. The number of para-hydroxylation sites is 1. The van der Waals surface area contributed by atoms with Crippen LogP contribution in [-0.4, -0.2) is 60.6 Å². The quantitative estimate of drug-likeness (QED) is 0.547. The zero-order chi connectivity index (χ0) is 22.7. The first-order valence-electron chi connectivity index (χ1n) is 10.8. The van der Waals surface area contributed by atoms with Gasteiger partial charge in [0.05, 0.1) is 18.3 Å². The number of hydrogen-bond acceptors (Lipinski definition) is 5. The molecule has 0 bridgehead atoms. The average molecular weight is 455 g/mol. The van der Waals surface area contributed by atoms with Crippen molar-refractivity contribution < 1.29 is 14.3 Å². The zero-order valence-electron chi connectivity index (χ0n) is 18.2. The van der Waals surface area contributed by atoms with Crippen LogP contribution < -0.4 is 10.2 Å². The van der Waals surface area contributed by atoms with Gasteiger partial charge >= 0.3 is 5.97 Å². The number of aromatic amines is 1. The Morgan fingerprint density at radius 2 is 1.88 bits per heavy atom. The summed E-state index contributed by atoms with van der Waals surface area (Å²) in [5.74, 6) is -0.640. The number of piperazine rings is 1. The number of carbonyl (C=O) groups is 2. The Bertz CT molecular complexity index is 1120. The number of halogens is 1. The summed E-state index contributed by atoms with van der Waals surface area (Å²) in [7, 11) is 0. The summed E-state index contributed by atoms with van der Waals surface area (Å²) in [4.78, 5) is 33.1. The molecule has 2 aromatic carbocycles. The molecule has 3 aromatic rings. The summed E-state index contributed by atoms with van der Waals surface area (Å²) >= 11 is 6.12. The fourth-order valence-corrected chi connectivity index (χ4v) is 4.25. The van der Waals surface area contributed by atoms with E-state index in [1.807, 2.05) is 55.5 Å². The summed E-state index contributed by atoms with van der Waals surface area (Å²) in [6.45, 7) is 7.01. The van der Waals surface area contributed by atoms with Gasteiger partial charge < -0.3 is 19.9 Å². The monoisotopic (exact) mass is 454 g/mol.